The second kappa shape index (κ2) is 7.03. The summed E-state index contributed by atoms with van der Waals surface area (Å²) in [5.41, 5.74) is 0.532. The molecule has 104 valence electrons. The molecule has 0 saturated heterocycles. The van der Waals surface area contributed by atoms with Crippen molar-refractivity contribution in [1.82, 2.24) is 20.3 Å². The number of methoxy groups -OCH3 is 1. The zero-order chi connectivity index (χ0) is 14.2. The van der Waals surface area contributed by atoms with E-state index in [0.717, 1.165) is 0 Å². The molecule has 7 nitrogen and oxygen atoms in total. The number of ether oxygens (including phenoxy) is 1. The van der Waals surface area contributed by atoms with Crippen LogP contribution >= 0.6 is 0 Å². The highest BCUT2D eigenvalue weighted by molar-refractivity contribution is 5.93. The van der Waals surface area contributed by atoms with Crippen LogP contribution in [0.25, 0.3) is 0 Å². The lowest BCUT2D eigenvalue weighted by atomic mass is 10.3. The maximum atomic E-state index is 11.7. The molecule has 0 saturated carbocycles. The minimum Gasteiger partial charge on any atom is -0.478 e. The number of nitrogens with one attached hydrogen (secondary N) is 2. The predicted octanol–water partition coefficient (Wildman–Crippen LogP) is 0.722. The average Bonchev–Trinajstić information content (AvgIpc) is 2.52. The molecule has 0 aliphatic carbocycles. The van der Waals surface area contributed by atoms with Crippen molar-refractivity contribution in [2.75, 3.05) is 25.5 Å². The molecular formula is C13H15N5O2. The molecule has 7 heteroatoms. The van der Waals surface area contributed by atoms with Crippen molar-refractivity contribution in [3.8, 4) is 5.88 Å². The van der Waals surface area contributed by atoms with Gasteiger partial charge in [-0.25, -0.2) is 9.97 Å². The van der Waals surface area contributed by atoms with Gasteiger partial charge in [-0.05, 0) is 12.1 Å². The summed E-state index contributed by atoms with van der Waals surface area (Å²) in [6, 6.07) is 3.43. The number of carbonyl (C=O) groups is 1. The van der Waals surface area contributed by atoms with Gasteiger partial charge in [-0.3, -0.25) is 9.78 Å². The molecule has 0 atom stereocenters. The standard InChI is InChI=1S/C13H15N5O2/c1-20-13-11(16-6-8-18-13)15-5-7-17-12(19)10-3-2-4-14-9-10/h2-4,6,8-9H,5,7H2,1H3,(H,15,16)(H,17,19). The van der Waals surface area contributed by atoms with Gasteiger partial charge in [0.05, 0.1) is 12.7 Å². The highest BCUT2D eigenvalue weighted by Gasteiger charge is 2.05. The van der Waals surface area contributed by atoms with Gasteiger partial charge in [-0.1, -0.05) is 0 Å². The summed E-state index contributed by atoms with van der Waals surface area (Å²) in [6.45, 7) is 0.967. The van der Waals surface area contributed by atoms with E-state index in [9.17, 15) is 4.79 Å². The van der Waals surface area contributed by atoms with Gasteiger partial charge in [0.1, 0.15) is 0 Å². The molecule has 0 aliphatic heterocycles. The third-order valence-electron chi connectivity index (χ3n) is 2.48. The van der Waals surface area contributed by atoms with Crippen LogP contribution in [0.5, 0.6) is 5.88 Å². The molecule has 0 aromatic carbocycles. The normalized spacial score (nSPS) is 9.85. The zero-order valence-electron chi connectivity index (χ0n) is 11.0. The molecule has 2 aromatic heterocycles. The summed E-state index contributed by atoms with van der Waals surface area (Å²) in [4.78, 5) is 23.8. The minimum atomic E-state index is -0.161. The molecule has 2 aromatic rings. The van der Waals surface area contributed by atoms with Crippen molar-refractivity contribution in [2.24, 2.45) is 0 Å². The van der Waals surface area contributed by atoms with Crippen molar-refractivity contribution >= 4 is 11.7 Å². The van der Waals surface area contributed by atoms with Crippen molar-refractivity contribution < 1.29 is 9.53 Å². The Kier molecular flexibility index (Phi) is 4.82. The van der Waals surface area contributed by atoms with Gasteiger partial charge in [0.2, 0.25) is 0 Å². The Hall–Kier alpha value is -2.70. The second-order valence-corrected chi connectivity index (χ2v) is 3.84. The number of carbonyl (C=O) groups excluding carboxylic acids is 1. The molecule has 0 spiro atoms. The summed E-state index contributed by atoms with van der Waals surface area (Å²) in [5.74, 6) is 0.808. The Labute approximate surface area is 116 Å². The van der Waals surface area contributed by atoms with E-state index in [-0.39, 0.29) is 5.91 Å². The highest BCUT2D eigenvalue weighted by Crippen LogP contribution is 2.15. The first-order valence-corrected chi connectivity index (χ1v) is 6.08. The lowest BCUT2D eigenvalue weighted by molar-refractivity contribution is 0.0955. The van der Waals surface area contributed by atoms with Gasteiger partial charge in [-0.15, -0.1) is 0 Å². The highest BCUT2D eigenvalue weighted by atomic mass is 16.5. The van der Waals surface area contributed by atoms with Crippen LogP contribution in [0, 0.1) is 0 Å². The number of rotatable bonds is 6. The van der Waals surface area contributed by atoms with Crippen molar-refractivity contribution in [1.29, 1.82) is 0 Å². The van der Waals surface area contributed by atoms with Crippen LogP contribution in [-0.4, -0.2) is 41.1 Å². The van der Waals surface area contributed by atoms with E-state index < -0.39 is 0 Å². The molecule has 2 N–H and O–H groups in total. The lowest BCUT2D eigenvalue weighted by Gasteiger charge is -2.09. The van der Waals surface area contributed by atoms with E-state index in [4.69, 9.17) is 4.74 Å². The molecule has 0 bridgehead atoms. The average molecular weight is 273 g/mol. The molecule has 0 aliphatic rings. The van der Waals surface area contributed by atoms with Gasteiger partial charge >= 0.3 is 0 Å². The SMILES string of the molecule is COc1nccnc1NCCNC(=O)c1cccnc1. The van der Waals surface area contributed by atoms with E-state index in [0.29, 0.717) is 30.4 Å². The number of hydrogen-bond donors (Lipinski definition) is 2. The molecule has 0 unspecified atom stereocenters. The smallest absolute Gasteiger partial charge is 0.257 e. The number of aromatic nitrogens is 3. The van der Waals surface area contributed by atoms with Crippen LogP contribution < -0.4 is 15.4 Å². The van der Waals surface area contributed by atoms with E-state index in [1.807, 2.05) is 0 Å². The van der Waals surface area contributed by atoms with Crippen LogP contribution in [-0.2, 0) is 0 Å². The van der Waals surface area contributed by atoms with Crippen molar-refractivity contribution in [2.45, 2.75) is 0 Å². The topological polar surface area (TPSA) is 89.0 Å². The fourth-order valence-electron chi connectivity index (χ4n) is 1.55. The second-order valence-electron chi connectivity index (χ2n) is 3.84. The zero-order valence-corrected chi connectivity index (χ0v) is 11.0. The quantitative estimate of drug-likeness (QED) is 0.754. The van der Waals surface area contributed by atoms with Crippen molar-refractivity contribution in [3.05, 3.63) is 42.5 Å². The van der Waals surface area contributed by atoms with Gasteiger partial charge in [0.25, 0.3) is 11.8 Å². The lowest BCUT2D eigenvalue weighted by Crippen LogP contribution is -2.29. The third kappa shape index (κ3) is 3.64. The monoisotopic (exact) mass is 273 g/mol. The van der Waals surface area contributed by atoms with E-state index in [1.165, 1.54) is 13.3 Å². The number of amides is 1. The van der Waals surface area contributed by atoms with Crippen LogP contribution in [0.2, 0.25) is 0 Å². The first kappa shape index (κ1) is 13.7. The molecule has 1 amide bonds. The fourth-order valence-corrected chi connectivity index (χ4v) is 1.55. The van der Waals surface area contributed by atoms with Crippen LogP contribution in [0.1, 0.15) is 10.4 Å². The third-order valence-corrected chi connectivity index (χ3v) is 2.48. The molecular weight excluding hydrogens is 258 g/mol. The van der Waals surface area contributed by atoms with Crippen LogP contribution in [0.3, 0.4) is 0 Å². The Morgan fingerprint density at radius 1 is 1.25 bits per heavy atom. The van der Waals surface area contributed by atoms with E-state index in [2.05, 4.69) is 25.6 Å². The summed E-state index contributed by atoms with van der Waals surface area (Å²) in [5, 5.41) is 5.82. The molecule has 2 heterocycles. The Balaban J connectivity index is 1.78. The first-order valence-electron chi connectivity index (χ1n) is 6.08. The molecule has 20 heavy (non-hydrogen) atoms. The molecule has 0 fully saturated rings. The van der Waals surface area contributed by atoms with Crippen molar-refractivity contribution in [3.63, 3.8) is 0 Å². The number of hydrogen-bond acceptors (Lipinski definition) is 6. The maximum Gasteiger partial charge on any atom is 0.257 e. The number of pyridine rings is 1. The van der Waals surface area contributed by atoms with Crippen LogP contribution in [0.15, 0.2) is 36.9 Å². The number of anilines is 1. The Morgan fingerprint density at radius 3 is 2.85 bits per heavy atom. The Bertz CT molecular complexity index is 562. The fraction of sp³-hybridized carbons (Fsp3) is 0.231. The largest absolute Gasteiger partial charge is 0.478 e. The van der Waals surface area contributed by atoms with E-state index >= 15 is 0 Å². The van der Waals surface area contributed by atoms with Gasteiger partial charge < -0.3 is 15.4 Å². The van der Waals surface area contributed by atoms with Crippen LogP contribution in [0.4, 0.5) is 5.82 Å². The molecule has 2 rings (SSSR count). The summed E-state index contributed by atoms with van der Waals surface area (Å²) in [7, 11) is 1.53. The molecule has 0 radical (unpaired) electrons. The maximum absolute atomic E-state index is 11.7. The summed E-state index contributed by atoms with van der Waals surface area (Å²) in [6.07, 6.45) is 6.26. The summed E-state index contributed by atoms with van der Waals surface area (Å²) >= 11 is 0. The minimum absolute atomic E-state index is 0.161. The van der Waals surface area contributed by atoms with Gasteiger partial charge in [-0.2, -0.15) is 0 Å². The van der Waals surface area contributed by atoms with Gasteiger partial charge in [0, 0.05) is 37.9 Å². The predicted molar refractivity (Wildman–Crippen MR) is 73.6 cm³/mol. The first-order chi connectivity index (χ1) is 9.81. The summed E-state index contributed by atoms with van der Waals surface area (Å²) < 4.78 is 5.06. The van der Waals surface area contributed by atoms with Gasteiger partial charge in [0.15, 0.2) is 5.82 Å². The Morgan fingerprint density at radius 2 is 2.10 bits per heavy atom. The number of nitrogens with zero attached hydrogens (tertiary/aromatic N) is 3. The van der Waals surface area contributed by atoms with E-state index in [1.54, 1.807) is 30.7 Å².